The number of aryl methyl sites for hydroxylation is 1. The molecule has 3 atom stereocenters. The van der Waals surface area contributed by atoms with Crippen molar-refractivity contribution in [2.75, 3.05) is 5.75 Å². The second-order valence-electron chi connectivity index (χ2n) is 7.99. The molecule has 1 fully saturated rings. The molecule has 3 N–H and O–H groups in total. The lowest BCUT2D eigenvalue weighted by Crippen LogP contribution is -2.61. The zero-order chi connectivity index (χ0) is 26.5. The van der Waals surface area contributed by atoms with Gasteiger partial charge in [0, 0.05) is 41.9 Å². The highest BCUT2D eigenvalue weighted by Crippen LogP contribution is 2.48. The molecule has 0 spiro atoms. The number of nitrogens with zero attached hydrogens (tertiary/aromatic N) is 2. The van der Waals surface area contributed by atoms with Crippen LogP contribution in [-0.2, 0) is 25.7 Å². The first-order chi connectivity index (χ1) is 17.0. The van der Waals surface area contributed by atoms with E-state index in [4.69, 9.17) is 21.4 Å². The Morgan fingerprint density at radius 1 is 1.31 bits per heavy atom. The number of nitrogens with one attached hydrogen (secondary N) is 1. The largest absolute Gasteiger partial charge is 0.477 e. The Morgan fingerprint density at radius 3 is 2.58 bits per heavy atom. The molecular weight excluding hydrogens is 521 g/mol. The van der Waals surface area contributed by atoms with Crippen LogP contribution in [0, 0.1) is 5.82 Å². The van der Waals surface area contributed by atoms with Gasteiger partial charge >= 0.3 is 18.0 Å². The van der Waals surface area contributed by atoms with Gasteiger partial charge in [-0.15, -0.1) is 11.8 Å². The summed E-state index contributed by atoms with van der Waals surface area (Å²) >= 11 is 6.96. The van der Waals surface area contributed by atoms with Crippen LogP contribution in [0.3, 0.4) is 0 Å². The van der Waals surface area contributed by atoms with E-state index in [2.05, 4.69) is 0 Å². The van der Waals surface area contributed by atoms with Gasteiger partial charge in [0.1, 0.15) is 11.5 Å². The summed E-state index contributed by atoms with van der Waals surface area (Å²) in [5, 5.41) is 20.0. The number of aliphatic carboxylic acids is 1. The van der Waals surface area contributed by atoms with Gasteiger partial charge in [0.15, 0.2) is 5.43 Å². The van der Waals surface area contributed by atoms with Gasteiger partial charge in [0.05, 0.1) is 21.8 Å². The lowest BCUT2D eigenvalue weighted by molar-refractivity contribution is -0.149. The van der Waals surface area contributed by atoms with Gasteiger partial charge in [-0.1, -0.05) is 11.6 Å². The van der Waals surface area contributed by atoms with Gasteiger partial charge in [-0.2, -0.15) is 0 Å². The molecule has 2 amide bonds. The molecule has 1 aromatic carbocycles. The van der Waals surface area contributed by atoms with Crippen molar-refractivity contribution in [1.29, 1.82) is 0 Å². The normalized spacial score (nSPS) is 20.0. The number of hydrogen-bond acceptors (Lipinski definition) is 7. The lowest BCUT2D eigenvalue weighted by atomic mass is 9.88. The molecule has 11 nitrogen and oxygen atoms in total. The van der Waals surface area contributed by atoms with Gasteiger partial charge in [-0.25, -0.2) is 14.0 Å². The van der Waals surface area contributed by atoms with Crippen LogP contribution in [0.5, 0.6) is 0 Å². The summed E-state index contributed by atoms with van der Waals surface area (Å²) in [6.07, 6.45) is -1.72. The Morgan fingerprint density at radius 2 is 2.00 bits per heavy atom. The number of esters is 1. The third-order valence-electron chi connectivity index (χ3n) is 5.88. The lowest BCUT2D eigenvalue weighted by Gasteiger charge is -2.50. The minimum absolute atomic E-state index is 0.0265. The van der Waals surface area contributed by atoms with E-state index < -0.39 is 58.4 Å². The molecule has 190 valence electrons. The van der Waals surface area contributed by atoms with Crippen LogP contribution in [0.1, 0.15) is 25.3 Å². The highest BCUT2D eigenvalue weighted by atomic mass is 35.5. The molecule has 0 saturated carbocycles. The van der Waals surface area contributed by atoms with Gasteiger partial charge in [-0.3, -0.25) is 24.6 Å². The Bertz CT molecular complexity index is 1410. The maximum atomic E-state index is 14.2. The van der Waals surface area contributed by atoms with Crippen LogP contribution in [0.25, 0.3) is 10.9 Å². The summed E-state index contributed by atoms with van der Waals surface area (Å²) < 4.78 is 20.8. The minimum atomic E-state index is -1.63. The summed E-state index contributed by atoms with van der Waals surface area (Å²) in [7, 11) is 0. The van der Waals surface area contributed by atoms with Crippen LogP contribution in [0.2, 0.25) is 5.02 Å². The molecule has 1 aromatic heterocycles. The molecule has 4 rings (SSSR count). The number of amides is 2. The molecular formula is C22H19ClFN3O8S. The number of hydrogen-bond donors (Lipinski definition) is 3. The van der Waals surface area contributed by atoms with Crippen LogP contribution >= 0.6 is 23.4 Å². The summed E-state index contributed by atoms with van der Waals surface area (Å²) in [5.74, 6) is -5.04. The average Bonchev–Trinajstić information content (AvgIpc) is 2.80. The molecule has 1 saturated heterocycles. The molecule has 0 radical (unpaired) electrons. The number of carboxylic acids is 1. The first kappa shape index (κ1) is 25.5. The number of β-lactam (4-membered cyclic amide) rings is 1. The quantitative estimate of drug-likeness (QED) is 0.285. The number of ether oxygens (including phenoxy) is 1. The van der Waals surface area contributed by atoms with Crippen molar-refractivity contribution in [3.8, 4) is 0 Å². The topological polar surface area (TPSA) is 155 Å². The first-order valence-electron chi connectivity index (χ1n) is 10.6. The number of carbonyl (C=O) groups excluding carboxylic acids is 2. The fraction of sp³-hybridized carbons (Fsp3) is 0.318. The van der Waals surface area contributed by atoms with E-state index in [1.54, 1.807) is 11.5 Å². The van der Waals surface area contributed by atoms with Crippen molar-refractivity contribution in [1.82, 2.24) is 14.8 Å². The van der Waals surface area contributed by atoms with Crippen molar-refractivity contribution in [2.24, 2.45) is 0 Å². The van der Waals surface area contributed by atoms with Crippen LogP contribution in [-0.4, -0.2) is 61.0 Å². The number of rotatable bonds is 6. The minimum Gasteiger partial charge on any atom is -0.477 e. The predicted molar refractivity (Wildman–Crippen MR) is 126 cm³/mol. The molecule has 36 heavy (non-hydrogen) atoms. The number of benzene rings is 1. The number of aromatic nitrogens is 1. The second kappa shape index (κ2) is 9.47. The Hall–Kier alpha value is -3.58. The molecule has 3 heterocycles. The molecule has 0 aliphatic carbocycles. The van der Waals surface area contributed by atoms with Gasteiger partial charge < -0.3 is 19.5 Å². The monoisotopic (exact) mass is 539 g/mol. The number of pyridine rings is 1. The third kappa shape index (κ3) is 4.17. The van der Waals surface area contributed by atoms with Gasteiger partial charge in [0.25, 0.3) is 0 Å². The maximum Gasteiger partial charge on any atom is 0.407 e. The molecule has 2 aliphatic rings. The number of thioether (sulfide) groups is 1. The van der Waals surface area contributed by atoms with Crippen molar-refractivity contribution in [3.63, 3.8) is 0 Å². The van der Waals surface area contributed by atoms with Crippen molar-refractivity contribution in [2.45, 2.75) is 37.9 Å². The molecule has 2 aliphatic heterocycles. The maximum absolute atomic E-state index is 14.2. The predicted octanol–water partition coefficient (Wildman–Crippen LogP) is 2.31. The highest BCUT2D eigenvalue weighted by molar-refractivity contribution is 8.00. The van der Waals surface area contributed by atoms with E-state index in [-0.39, 0.29) is 27.3 Å². The van der Waals surface area contributed by atoms with E-state index in [0.29, 0.717) is 12.1 Å². The molecule has 0 bridgehead atoms. The first-order valence-corrected chi connectivity index (χ1v) is 12.0. The summed E-state index contributed by atoms with van der Waals surface area (Å²) in [6.45, 7) is 3.19. The standard InChI is InChI=1S/C22H19ClFN3O8S/c1-3-26-6-10(17(29)9-4-13(24)12(23)5-14(9)26)15-19(30)27-16(21(31)32)11(7-36-20(15)27)18(25-22(33)34)35-8(2)28/h4-6,15,18,20,25H,3,7H2,1-2H3,(H,31,32)(H,33,34)/t15-,18?,20-/m1/s1. The zero-order valence-corrected chi connectivity index (χ0v) is 20.4. The van der Waals surface area contributed by atoms with E-state index in [9.17, 15) is 33.5 Å². The van der Waals surface area contributed by atoms with Crippen molar-refractivity contribution in [3.05, 3.63) is 56.2 Å². The van der Waals surface area contributed by atoms with Crippen LogP contribution in [0.15, 0.2) is 34.4 Å². The Kier molecular flexibility index (Phi) is 6.71. The number of carboxylic acid groups (broad SMARTS) is 2. The van der Waals surface area contributed by atoms with Gasteiger partial charge in [0.2, 0.25) is 12.1 Å². The Balaban J connectivity index is 1.80. The van der Waals surface area contributed by atoms with Crippen LogP contribution < -0.4 is 10.7 Å². The summed E-state index contributed by atoms with van der Waals surface area (Å²) in [6, 6.07) is 2.33. The van der Waals surface area contributed by atoms with Crippen molar-refractivity contribution < 1.29 is 38.5 Å². The number of halogens is 2. The van der Waals surface area contributed by atoms with E-state index >= 15 is 0 Å². The SMILES string of the molecule is CCn1cc([C@@H]2C(=O)N3C(C(=O)O)=C(C(NC(=O)O)OC(C)=O)CS[C@H]23)c(=O)c2cc(F)c(Cl)cc21. The summed E-state index contributed by atoms with van der Waals surface area (Å²) in [5.41, 5.74) is -0.794. The Labute approximate surface area is 211 Å². The van der Waals surface area contributed by atoms with Gasteiger partial charge in [-0.05, 0) is 19.1 Å². The van der Waals surface area contributed by atoms with E-state index in [1.807, 2.05) is 5.32 Å². The second-order valence-corrected chi connectivity index (χ2v) is 9.50. The smallest absolute Gasteiger partial charge is 0.407 e. The number of carbonyl (C=O) groups is 4. The van der Waals surface area contributed by atoms with Crippen molar-refractivity contribution >= 4 is 58.2 Å². The molecule has 2 aromatic rings. The molecule has 1 unspecified atom stereocenters. The average molecular weight is 540 g/mol. The summed E-state index contributed by atoms with van der Waals surface area (Å²) in [4.78, 5) is 62.3. The van der Waals surface area contributed by atoms with Crippen LogP contribution in [0.4, 0.5) is 9.18 Å². The fourth-order valence-electron chi connectivity index (χ4n) is 4.35. The van der Waals surface area contributed by atoms with E-state index in [0.717, 1.165) is 29.7 Å². The zero-order valence-electron chi connectivity index (χ0n) is 18.8. The fourth-order valence-corrected chi connectivity index (χ4v) is 5.96. The third-order valence-corrected chi connectivity index (χ3v) is 7.47. The number of fused-ring (bicyclic) bond motifs is 2. The van der Waals surface area contributed by atoms with E-state index in [1.165, 1.54) is 12.3 Å². The highest BCUT2D eigenvalue weighted by Gasteiger charge is 2.56. The molecule has 14 heteroatoms.